The van der Waals surface area contributed by atoms with Gasteiger partial charge >= 0.3 is 5.97 Å². The van der Waals surface area contributed by atoms with Crippen LogP contribution in [0.4, 0.5) is 10.8 Å². The van der Waals surface area contributed by atoms with Crippen molar-refractivity contribution in [3.63, 3.8) is 0 Å². The van der Waals surface area contributed by atoms with E-state index in [9.17, 15) is 4.79 Å². The zero-order chi connectivity index (χ0) is 14.2. The highest BCUT2D eigenvalue weighted by Gasteiger charge is 2.14. The molecule has 2 aromatic rings. The Morgan fingerprint density at radius 2 is 1.89 bits per heavy atom. The molecule has 0 spiro atoms. The summed E-state index contributed by atoms with van der Waals surface area (Å²) in [7, 11) is 0. The fraction of sp³-hybridized carbons (Fsp3) is 0.231. The smallest absolute Gasteiger partial charge is 0.355 e. The molecule has 6 heteroatoms. The Morgan fingerprint density at radius 1 is 1.32 bits per heavy atom. The van der Waals surface area contributed by atoms with Gasteiger partial charge in [-0.25, -0.2) is 9.78 Å². The maximum absolute atomic E-state index is 11.0. The Labute approximate surface area is 123 Å². The number of aromatic carboxylic acids is 1. The summed E-state index contributed by atoms with van der Waals surface area (Å²) in [5.41, 5.74) is 3.26. The highest BCUT2D eigenvalue weighted by Crippen LogP contribution is 2.29. The van der Waals surface area contributed by atoms with Gasteiger partial charge in [0.15, 0.2) is 10.8 Å². The second-order valence-electron chi connectivity index (χ2n) is 4.28. The van der Waals surface area contributed by atoms with E-state index >= 15 is 0 Å². The third-order valence-electron chi connectivity index (χ3n) is 2.69. The van der Waals surface area contributed by atoms with Crippen molar-refractivity contribution in [1.29, 1.82) is 0 Å². The van der Waals surface area contributed by atoms with E-state index in [-0.39, 0.29) is 5.69 Å². The molecule has 0 saturated carbocycles. The number of rotatable bonds is 3. The van der Waals surface area contributed by atoms with E-state index in [1.165, 1.54) is 11.3 Å². The number of hydrogen-bond donors (Lipinski definition) is 2. The topological polar surface area (TPSA) is 62.2 Å². The van der Waals surface area contributed by atoms with Gasteiger partial charge in [-0.3, -0.25) is 0 Å². The van der Waals surface area contributed by atoms with Crippen LogP contribution in [-0.4, -0.2) is 16.1 Å². The molecule has 0 amide bonds. The molecule has 2 N–H and O–H groups in total. The van der Waals surface area contributed by atoms with E-state index in [0.29, 0.717) is 10.0 Å². The Hall–Kier alpha value is -1.40. The van der Waals surface area contributed by atoms with Crippen molar-refractivity contribution in [3.05, 3.63) is 38.3 Å². The summed E-state index contributed by atoms with van der Waals surface area (Å²) in [5.74, 6) is -0.995. The molecule has 2 rings (SSSR count). The average molecular weight is 341 g/mol. The number of carbonyl (C=O) groups is 1. The highest BCUT2D eigenvalue weighted by atomic mass is 79.9. The number of aromatic nitrogens is 1. The summed E-state index contributed by atoms with van der Waals surface area (Å²) < 4.78 is 1.08. The lowest BCUT2D eigenvalue weighted by Gasteiger charge is -2.08. The predicted octanol–water partition coefficient (Wildman–Crippen LogP) is 4.27. The van der Waals surface area contributed by atoms with Gasteiger partial charge in [-0.15, -0.1) is 11.3 Å². The molecule has 0 aliphatic carbocycles. The minimum Gasteiger partial charge on any atom is -0.476 e. The van der Waals surface area contributed by atoms with Crippen LogP contribution in [0.2, 0.25) is 0 Å². The van der Waals surface area contributed by atoms with E-state index in [2.05, 4.69) is 26.2 Å². The van der Waals surface area contributed by atoms with Gasteiger partial charge in [0.1, 0.15) is 0 Å². The molecule has 0 aliphatic heterocycles. The number of hydrogen-bond acceptors (Lipinski definition) is 4. The van der Waals surface area contributed by atoms with E-state index in [1.807, 2.05) is 26.0 Å². The minimum atomic E-state index is -0.995. The van der Waals surface area contributed by atoms with Crippen LogP contribution in [0.1, 0.15) is 26.5 Å². The first kappa shape index (κ1) is 14.0. The van der Waals surface area contributed by atoms with Gasteiger partial charge in [0.25, 0.3) is 0 Å². The number of nitrogens with zero attached hydrogens (tertiary/aromatic N) is 1. The molecule has 19 heavy (non-hydrogen) atoms. The van der Waals surface area contributed by atoms with E-state index in [0.717, 1.165) is 21.3 Å². The van der Waals surface area contributed by atoms with Crippen molar-refractivity contribution >= 4 is 44.1 Å². The summed E-state index contributed by atoms with van der Waals surface area (Å²) >= 11 is 4.85. The Morgan fingerprint density at radius 3 is 2.37 bits per heavy atom. The SMILES string of the molecule is Cc1cc(Nc2nc(C(=O)O)c(C)s2)cc(C)c1Br. The molecule has 0 atom stereocenters. The van der Waals surface area contributed by atoms with Gasteiger partial charge < -0.3 is 10.4 Å². The Kier molecular flexibility index (Phi) is 3.91. The average Bonchev–Trinajstić information content (AvgIpc) is 2.67. The number of thiazole rings is 1. The summed E-state index contributed by atoms with van der Waals surface area (Å²) in [6.45, 7) is 5.78. The van der Waals surface area contributed by atoms with Crippen LogP contribution in [0, 0.1) is 20.8 Å². The van der Waals surface area contributed by atoms with Crippen molar-refractivity contribution in [1.82, 2.24) is 4.98 Å². The van der Waals surface area contributed by atoms with E-state index in [4.69, 9.17) is 5.11 Å². The zero-order valence-electron chi connectivity index (χ0n) is 10.7. The van der Waals surface area contributed by atoms with E-state index in [1.54, 1.807) is 6.92 Å². The Bertz CT molecular complexity index is 629. The second-order valence-corrected chi connectivity index (χ2v) is 6.27. The molecule has 1 heterocycles. The lowest BCUT2D eigenvalue weighted by Crippen LogP contribution is -1.99. The maximum Gasteiger partial charge on any atom is 0.355 e. The number of carboxylic acids is 1. The standard InChI is InChI=1S/C13H13BrN2O2S/c1-6-4-9(5-7(2)10(6)14)15-13-16-11(12(17)18)8(3)19-13/h4-5H,1-3H3,(H,15,16)(H,17,18). The van der Waals surface area contributed by atoms with Crippen LogP contribution in [0.5, 0.6) is 0 Å². The van der Waals surface area contributed by atoms with Gasteiger partial charge in [-0.1, -0.05) is 15.9 Å². The second kappa shape index (κ2) is 5.30. The van der Waals surface area contributed by atoms with Gasteiger partial charge in [0.05, 0.1) is 0 Å². The van der Waals surface area contributed by atoms with Crippen molar-refractivity contribution in [3.8, 4) is 0 Å². The third kappa shape index (κ3) is 2.96. The molecule has 0 saturated heterocycles. The molecule has 4 nitrogen and oxygen atoms in total. The lowest BCUT2D eigenvalue weighted by molar-refractivity contribution is 0.0690. The number of aryl methyl sites for hydroxylation is 3. The molecule has 0 unspecified atom stereocenters. The van der Waals surface area contributed by atoms with Gasteiger partial charge in [-0.05, 0) is 44.0 Å². The Balaban J connectivity index is 2.31. The van der Waals surface area contributed by atoms with Crippen LogP contribution in [0.3, 0.4) is 0 Å². The van der Waals surface area contributed by atoms with Crippen molar-refractivity contribution in [2.75, 3.05) is 5.32 Å². The summed E-state index contributed by atoms with van der Waals surface area (Å²) in [6, 6.07) is 3.99. The molecule has 100 valence electrons. The summed E-state index contributed by atoms with van der Waals surface area (Å²) in [6.07, 6.45) is 0. The van der Waals surface area contributed by atoms with Crippen molar-refractivity contribution < 1.29 is 9.90 Å². The van der Waals surface area contributed by atoms with Crippen LogP contribution in [-0.2, 0) is 0 Å². The number of halogens is 1. The first-order valence-corrected chi connectivity index (χ1v) is 7.24. The molecular weight excluding hydrogens is 328 g/mol. The van der Waals surface area contributed by atoms with E-state index < -0.39 is 5.97 Å². The van der Waals surface area contributed by atoms with Gasteiger partial charge in [-0.2, -0.15) is 0 Å². The molecule has 1 aromatic carbocycles. The lowest BCUT2D eigenvalue weighted by atomic mass is 10.1. The largest absolute Gasteiger partial charge is 0.476 e. The number of carboxylic acid groups (broad SMARTS) is 1. The third-order valence-corrected chi connectivity index (χ3v) is 4.82. The van der Waals surface area contributed by atoms with Crippen LogP contribution in [0.25, 0.3) is 0 Å². The van der Waals surface area contributed by atoms with Crippen LogP contribution in [0.15, 0.2) is 16.6 Å². The molecular formula is C13H13BrN2O2S. The number of anilines is 2. The molecule has 0 bridgehead atoms. The predicted molar refractivity (Wildman–Crippen MR) is 80.7 cm³/mol. The normalized spacial score (nSPS) is 10.5. The molecule has 0 radical (unpaired) electrons. The molecule has 0 fully saturated rings. The molecule has 1 aromatic heterocycles. The minimum absolute atomic E-state index is 0.109. The van der Waals surface area contributed by atoms with Gasteiger partial charge in [0.2, 0.25) is 0 Å². The van der Waals surface area contributed by atoms with Crippen LogP contribution < -0.4 is 5.32 Å². The fourth-order valence-electron chi connectivity index (χ4n) is 1.79. The van der Waals surface area contributed by atoms with Crippen molar-refractivity contribution in [2.24, 2.45) is 0 Å². The van der Waals surface area contributed by atoms with Crippen molar-refractivity contribution in [2.45, 2.75) is 20.8 Å². The summed E-state index contributed by atoms with van der Waals surface area (Å²) in [5, 5.41) is 12.7. The fourth-order valence-corrected chi connectivity index (χ4v) is 2.84. The van der Waals surface area contributed by atoms with Gasteiger partial charge in [0, 0.05) is 15.0 Å². The number of nitrogens with one attached hydrogen (secondary N) is 1. The monoisotopic (exact) mass is 340 g/mol. The number of benzene rings is 1. The highest BCUT2D eigenvalue weighted by molar-refractivity contribution is 9.10. The first-order valence-electron chi connectivity index (χ1n) is 5.63. The maximum atomic E-state index is 11.0. The first-order chi connectivity index (χ1) is 8.88. The summed E-state index contributed by atoms with van der Waals surface area (Å²) in [4.78, 5) is 15.7. The zero-order valence-corrected chi connectivity index (χ0v) is 13.1. The quantitative estimate of drug-likeness (QED) is 0.875. The van der Waals surface area contributed by atoms with Crippen LogP contribution >= 0.6 is 27.3 Å². The molecule has 0 aliphatic rings.